The minimum Gasteiger partial charge on any atom is -0.394 e. The lowest BCUT2D eigenvalue weighted by Crippen LogP contribution is -2.68. The smallest absolute Gasteiger partial charge is 0.187 e. The second-order valence-electron chi connectivity index (χ2n) is 24.0. The number of fused-ring (bicyclic) bond motifs is 7. The Hall–Kier alpha value is -0.920. The predicted molar refractivity (Wildman–Crippen MR) is 244 cm³/mol. The molecule has 23 nitrogen and oxygen atoms in total. The van der Waals surface area contributed by atoms with Gasteiger partial charge in [-0.05, 0) is 97.7 Å². The summed E-state index contributed by atoms with van der Waals surface area (Å²) in [5.74, 6) is 2.34. The maximum absolute atomic E-state index is 12.0. The van der Waals surface area contributed by atoms with Crippen LogP contribution in [0.5, 0.6) is 0 Å². The quantitative estimate of drug-likeness (QED) is 0.0902. The highest BCUT2D eigenvalue weighted by atomic mass is 16.8. The summed E-state index contributed by atoms with van der Waals surface area (Å²) in [6, 6.07) is 0. The molecule has 10 fully saturated rings. The Morgan fingerprint density at radius 2 is 1.15 bits per heavy atom. The van der Waals surface area contributed by atoms with E-state index in [1.807, 2.05) is 0 Å². The van der Waals surface area contributed by atoms with E-state index < -0.39 is 161 Å². The topological polar surface area (TPSA) is 355 Å². The van der Waals surface area contributed by atoms with Crippen molar-refractivity contribution in [3.8, 4) is 0 Å². The van der Waals surface area contributed by atoms with Crippen molar-refractivity contribution >= 4 is 0 Å². The molecule has 4 aliphatic carbocycles. The third kappa shape index (κ3) is 9.49. The lowest BCUT2D eigenvalue weighted by atomic mass is 9.44. The van der Waals surface area contributed by atoms with E-state index in [0.717, 1.165) is 51.6 Å². The van der Waals surface area contributed by atoms with Gasteiger partial charge in [-0.25, -0.2) is 0 Å². The molecule has 32 atom stereocenters. The van der Waals surface area contributed by atoms with Crippen LogP contribution in [0, 0.1) is 52.3 Å². The molecule has 10 rings (SSSR count). The van der Waals surface area contributed by atoms with Crippen LogP contribution >= 0.6 is 0 Å². The van der Waals surface area contributed by atoms with Gasteiger partial charge in [-0.1, -0.05) is 27.7 Å². The number of ether oxygens (including phenoxy) is 10. The van der Waals surface area contributed by atoms with E-state index in [-0.39, 0.29) is 22.9 Å². The lowest BCUT2D eigenvalue weighted by Gasteiger charge is -2.62. The van der Waals surface area contributed by atoms with Crippen LogP contribution in [0.15, 0.2) is 0 Å². The maximum Gasteiger partial charge on any atom is 0.187 e. The fourth-order valence-electron chi connectivity index (χ4n) is 15.9. The minimum absolute atomic E-state index is 0.130. The second kappa shape index (κ2) is 21.3. The molecule has 13 N–H and O–H groups in total. The molecule has 0 amide bonds. The molecule has 0 aromatic rings. The van der Waals surface area contributed by atoms with Crippen molar-refractivity contribution in [2.45, 2.75) is 226 Å². The van der Waals surface area contributed by atoms with Crippen LogP contribution in [-0.2, 0) is 47.4 Å². The van der Waals surface area contributed by atoms with Gasteiger partial charge in [0.1, 0.15) is 91.6 Å². The summed E-state index contributed by atoms with van der Waals surface area (Å²) in [4.78, 5) is 0. The molecule has 10 aliphatic rings. The molecular formula is C50H82O23. The van der Waals surface area contributed by atoms with E-state index in [1.54, 1.807) is 0 Å². The second-order valence-corrected chi connectivity index (χ2v) is 24.0. The molecule has 23 heteroatoms. The van der Waals surface area contributed by atoms with Crippen molar-refractivity contribution < 1.29 is 114 Å². The van der Waals surface area contributed by atoms with Gasteiger partial charge in [-0.2, -0.15) is 0 Å². The fourth-order valence-corrected chi connectivity index (χ4v) is 15.9. The molecule has 6 heterocycles. The molecule has 0 bridgehead atoms. The average Bonchev–Trinajstić information content (AvgIpc) is 3.82. The van der Waals surface area contributed by atoms with E-state index >= 15 is 0 Å². The fraction of sp³-hybridized carbons (Fsp3) is 1.00. The van der Waals surface area contributed by atoms with Crippen LogP contribution < -0.4 is 0 Å². The van der Waals surface area contributed by atoms with Gasteiger partial charge >= 0.3 is 0 Å². The number of aliphatic hydroxyl groups excluding tert-OH is 13. The van der Waals surface area contributed by atoms with Crippen LogP contribution in [0.25, 0.3) is 0 Å². The minimum atomic E-state index is -2.02. The van der Waals surface area contributed by atoms with Gasteiger partial charge in [0.25, 0.3) is 0 Å². The molecule has 420 valence electrons. The molecule has 6 aliphatic heterocycles. The Bertz CT molecular complexity index is 1860. The summed E-state index contributed by atoms with van der Waals surface area (Å²) in [5.41, 5.74) is -0.0565. The molecule has 0 radical (unpaired) electrons. The molecule has 0 aromatic carbocycles. The van der Waals surface area contributed by atoms with Crippen LogP contribution in [0.1, 0.15) is 85.5 Å². The van der Waals surface area contributed by atoms with Crippen LogP contribution in [0.3, 0.4) is 0 Å². The first-order valence-corrected chi connectivity index (χ1v) is 26.8. The van der Waals surface area contributed by atoms with Gasteiger partial charge in [0.05, 0.1) is 51.3 Å². The zero-order valence-corrected chi connectivity index (χ0v) is 42.0. The van der Waals surface area contributed by atoms with Gasteiger partial charge in [0.15, 0.2) is 30.9 Å². The first kappa shape index (κ1) is 55.4. The summed E-state index contributed by atoms with van der Waals surface area (Å²) in [6.45, 7) is 7.02. The molecule has 6 saturated heterocycles. The lowest BCUT2D eigenvalue weighted by molar-refractivity contribution is -0.404. The highest BCUT2D eigenvalue weighted by molar-refractivity contribution is 5.16. The van der Waals surface area contributed by atoms with Crippen LogP contribution in [-0.4, -0.2) is 240 Å². The van der Waals surface area contributed by atoms with Crippen LogP contribution in [0.4, 0.5) is 0 Å². The SMILES string of the molecule is CC1C2C(CC3[C@@H]4CCC5C[C@@H](OC6O[C@H](CO)[C@H](O[C@@H]7OC(CO)[C@@H](O)C(O[C@@H]8OC[C@@H](O)C(O)[C@H]8O)[C@H]7OC7O[C@H](CO)[C@H](O)[C@H](O)C7O)[C@H](O)C6O)C(O)C[C@]5(C)C4CC[C@]23C)O[C@]12CC[C@@H](C)CO2. The number of rotatable bonds is 11. The third-order valence-corrected chi connectivity index (χ3v) is 20.0. The summed E-state index contributed by atoms with van der Waals surface area (Å²) < 4.78 is 61.1. The van der Waals surface area contributed by atoms with Gasteiger partial charge in [0, 0.05) is 12.3 Å². The Morgan fingerprint density at radius 1 is 0.521 bits per heavy atom. The first-order valence-electron chi connectivity index (χ1n) is 26.8. The molecule has 0 aromatic heterocycles. The van der Waals surface area contributed by atoms with Crippen molar-refractivity contribution in [1.29, 1.82) is 0 Å². The molecule has 14 unspecified atom stereocenters. The largest absolute Gasteiger partial charge is 0.394 e. The molecule has 4 saturated carbocycles. The van der Waals surface area contributed by atoms with E-state index in [1.165, 1.54) is 0 Å². The highest BCUT2D eigenvalue weighted by Gasteiger charge is 2.70. The molecule has 1 spiro atoms. The monoisotopic (exact) mass is 1050 g/mol. The number of hydrogen-bond acceptors (Lipinski definition) is 23. The summed E-state index contributed by atoms with van der Waals surface area (Å²) in [5, 5.41) is 141. The van der Waals surface area contributed by atoms with Crippen molar-refractivity contribution in [3.63, 3.8) is 0 Å². The highest BCUT2D eigenvalue weighted by Crippen LogP contribution is 2.71. The van der Waals surface area contributed by atoms with E-state index in [4.69, 9.17) is 47.4 Å². The summed E-state index contributed by atoms with van der Waals surface area (Å²) in [7, 11) is 0. The van der Waals surface area contributed by atoms with E-state index in [2.05, 4.69) is 27.7 Å². The van der Waals surface area contributed by atoms with Gasteiger partial charge < -0.3 is 114 Å². The third-order valence-electron chi connectivity index (χ3n) is 20.0. The zero-order valence-electron chi connectivity index (χ0n) is 42.0. The van der Waals surface area contributed by atoms with E-state index in [9.17, 15) is 66.4 Å². The van der Waals surface area contributed by atoms with Crippen molar-refractivity contribution in [1.82, 2.24) is 0 Å². The van der Waals surface area contributed by atoms with Crippen LogP contribution in [0.2, 0.25) is 0 Å². The number of aliphatic hydroxyl groups is 13. The molecule has 73 heavy (non-hydrogen) atoms. The van der Waals surface area contributed by atoms with E-state index in [0.29, 0.717) is 48.3 Å². The Balaban J connectivity index is 0.824. The normalized spacial score (nSPS) is 58.2. The zero-order chi connectivity index (χ0) is 52.2. The Labute approximate surface area is 424 Å². The average molecular weight is 1050 g/mol. The molecular weight excluding hydrogens is 969 g/mol. The van der Waals surface area contributed by atoms with Gasteiger partial charge in [-0.15, -0.1) is 0 Å². The van der Waals surface area contributed by atoms with Gasteiger partial charge in [-0.3, -0.25) is 0 Å². The Morgan fingerprint density at radius 3 is 1.85 bits per heavy atom. The standard InChI is InChI=1S/C50H82O23/c1-19-7-10-50(65-17-19)20(2)32-28(73-50)12-24-22-6-5-21-11-27(25(54)13-49(21,4)23(22)8-9-48(24,32)3)66-45-40(63)37(60)41(31(16-53)69-45)70-47-43(72-46-39(62)36(59)34(57)29(14-51)67-46)42(35(58)30(15-52)68-47)71-44-38(61)33(56)26(55)18-64-44/h19-47,51-63H,5-18H2,1-4H3/t19-,20?,21?,22-,23?,24?,25?,26-,27-,28?,29-,30?,31-,32?,33?,34+,35-,36+,37-,38-,39?,40?,41+,42?,43-,44+,45?,46?,47+,48+,49+,50-/m1/s1. The summed E-state index contributed by atoms with van der Waals surface area (Å²) >= 11 is 0. The Kier molecular flexibility index (Phi) is 16.1. The summed E-state index contributed by atoms with van der Waals surface area (Å²) in [6.07, 6.45) is -27.2. The first-order chi connectivity index (χ1) is 34.7. The van der Waals surface area contributed by atoms with Gasteiger partial charge in [0.2, 0.25) is 0 Å². The van der Waals surface area contributed by atoms with Crippen molar-refractivity contribution in [3.05, 3.63) is 0 Å². The maximum atomic E-state index is 12.0. The van der Waals surface area contributed by atoms with Crippen molar-refractivity contribution in [2.24, 2.45) is 52.3 Å². The number of hydrogen-bond donors (Lipinski definition) is 13. The predicted octanol–water partition coefficient (Wildman–Crippen LogP) is -3.30. The van der Waals surface area contributed by atoms with Crippen molar-refractivity contribution in [2.75, 3.05) is 33.0 Å².